The molecule has 0 N–H and O–H groups in total. The minimum atomic E-state index is 0.769. The lowest BCUT2D eigenvalue weighted by molar-refractivity contribution is 0.642. The number of allylic oxidation sites excluding steroid dienone is 2. The van der Waals surface area contributed by atoms with Crippen LogP contribution in [0.4, 0.5) is 0 Å². The lowest BCUT2D eigenvalue weighted by Crippen LogP contribution is -1.97. The Morgan fingerprint density at radius 2 is 2.00 bits per heavy atom. The first-order valence-electron chi connectivity index (χ1n) is 3.48. The van der Waals surface area contributed by atoms with E-state index in [1.807, 2.05) is 0 Å². The van der Waals surface area contributed by atoms with Gasteiger partial charge in [-0.25, -0.2) is 0 Å². The zero-order chi connectivity index (χ0) is 5.98. The van der Waals surface area contributed by atoms with E-state index in [0.717, 1.165) is 5.92 Å². The molecule has 1 aliphatic rings. The summed E-state index contributed by atoms with van der Waals surface area (Å²) in [6, 6.07) is 0. The molecule has 0 aromatic carbocycles. The van der Waals surface area contributed by atoms with Gasteiger partial charge in [-0.05, 0) is 25.2 Å². The Morgan fingerprint density at radius 1 is 1.38 bits per heavy atom. The Balaban J connectivity index is 2.30. The van der Waals surface area contributed by atoms with E-state index in [4.69, 9.17) is 0 Å². The molecule has 1 fully saturated rings. The number of hydrogen-bond donors (Lipinski definition) is 0. The molecule has 0 aromatic heterocycles. The van der Waals surface area contributed by atoms with Gasteiger partial charge in [-0.3, -0.25) is 0 Å². The van der Waals surface area contributed by atoms with Crippen molar-refractivity contribution in [2.24, 2.45) is 5.92 Å². The molecule has 0 spiro atoms. The summed E-state index contributed by atoms with van der Waals surface area (Å²) in [6.45, 7) is 4.48. The second-order valence-corrected chi connectivity index (χ2v) is 2.92. The molecule has 0 radical (unpaired) electrons. The van der Waals surface area contributed by atoms with Crippen molar-refractivity contribution in [2.75, 3.05) is 0 Å². The predicted molar refractivity (Wildman–Crippen MR) is 36.8 cm³/mol. The monoisotopic (exact) mass is 110 g/mol. The summed E-state index contributed by atoms with van der Waals surface area (Å²) in [5.41, 5.74) is 1.68. The molecular weight excluding hydrogens is 96.1 g/mol. The van der Waals surface area contributed by atoms with Crippen molar-refractivity contribution in [1.82, 2.24) is 0 Å². The SMILES string of the molecule is CC(C)C=C1CCC1. The van der Waals surface area contributed by atoms with Crippen LogP contribution in [0, 0.1) is 5.92 Å². The van der Waals surface area contributed by atoms with Gasteiger partial charge >= 0.3 is 0 Å². The molecule has 0 unspecified atom stereocenters. The third-order valence-electron chi connectivity index (χ3n) is 1.56. The fourth-order valence-electron chi connectivity index (χ4n) is 1.02. The van der Waals surface area contributed by atoms with E-state index in [-0.39, 0.29) is 0 Å². The van der Waals surface area contributed by atoms with E-state index in [1.165, 1.54) is 19.3 Å². The molecule has 1 rings (SSSR count). The van der Waals surface area contributed by atoms with Gasteiger partial charge in [0.05, 0.1) is 0 Å². The van der Waals surface area contributed by atoms with Gasteiger partial charge in [0.2, 0.25) is 0 Å². The topological polar surface area (TPSA) is 0 Å². The summed E-state index contributed by atoms with van der Waals surface area (Å²) < 4.78 is 0. The summed E-state index contributed by atoms with van der Waals surface area (Å²) in [4.78, 5) is 0. The molecule has 0 aromatic rings. The van der Waals surface area contributed by atoms with Gasteiger partial charge < -0.3 is 0 Å². The second kappa shape index (κ2) is 2.34. The zero-order valence-corrected chi connectivity index (χ0v) is 5.78. The van der Waals surface area contributed by atoms with Gasteiger partial charge in [-0.1, -0.05) is 25.5 Å². The second-order valence-electron chi connectivity index (χ2n) is 2.92. The van der Waals surface area contributed by atoms with Crippen molar-refractivity contribution in [3.8, 4) is 0 Å². The van der Waals surface area contributed by atoms with E-state index < -0.39 is 0 Å². The maximum Gasteiger partial charge on any atom is -0.0288 e. The number of hydrogen-bond acceptors (Lipinski definition) is 0. The van der Waals surface area contributed by atoms with Crippen molar-refractivity contribution in [3.63, 3.8) is 0 Å². The smallest absolute Gasteiger partial charge is 0.0288 e. The van der Waals surface area contributed by atoms with Crippen molar-refractivity contribution >= 4 is 0 Å². The molecule has 0 amide bonds. The van der Waals surface area contributed by atoms with Gasteiger partial charge in [-0.15, -0.1) is 0 Å². The third kappa shape index (κ3) is 1.36. The molecule has 0 aliphatic heterocycles. The molecular formula is C8H14. The summed E-state index contributed by atoms with van der Waals surface area (Å²) in [5.74, 6) is 0.769. The Labute approximate surface area is 51.6 Å². The van der Waals surface area contributed by atoms with E-state index in [0.29, 0.717) is 0 Å². The maximum atomic E-state index is 2.39. The van der Waals surface area contributed by atoms with Gasteiger partial charge in [0.1, 0.15) is 0 Å². The lowest BCUT2D eigenvalue weighted by Gasteiger charge is -2.16. The van der Waals surface area contributed by atoms with E-state index in [2.05, 4.69) is 19.9 Å². The van der Waals surface area contributed by atoms with E-state index in [1.54, 1.807) is 5.57 Å². The van der Waals surface area contributed by atoms with Crippen molar-refractivity contribution in [2.45, 2.75) is 33.1 Å². The van der Waals surface area contributed by atoms with Crippen molar-refractivity contribution in [3.05, 3.63) is 11.6 Å². The fraction of sp³-hybridized carbons (Fsp3) is 0.750. The van der Waals surface area contributed by atoms with Crippen LogP contribution in [0.25, 0.3) is 0 Å². The van der Waals surface area contributed by atoms with Crippen LogP contribution in [0.3, 0.4) is 0 Å². The molecule has 0 nitrogen and oxygen atoms in total. The molecule has 46 valence electrons. The highest BCUT2D eigenvalue weighted by Gasteiger charge is 2.07. The largest absolute Gasteiger partial charge is 0.0828 e. The first-order chi connectivity index (χ1) is 3.79. The quantitative estimate of drug-likeness (QED) is 0.455. The molecule has 1 saturated carbocycles. The summed E-state index contributed by atoms with van der Waals surface area (Å²) in [6.07, 6.45) is 6.57. The molecule has 8 heavy (non-hydrogen) atoms. The normalized spacial score (nSPS) is 18.6. The summed E-state index contributed by atoms with van der Waals surface area (Å²) >= 11 is 0. The average molecular weight is 110 g/mol. The highest BCUT2D eigenvalue weighted by Crippen LogP contribution is 2.26. The van der Waals surface area contributed by atoms with Crippen LogP contribution in [-0.4, -0.2) is 0 Å². The summed E-state index contributed by atoms with van der Waals surface area (Å²) in [7, 11) is 0. The minimum Gasteiger partial charge on any atom is -0.0828 e. The lowest BCUT2D eigenvalue weighted by atomic mass is 9.90. The molecule has 0 heterocycles. The van der Waals surface area contributed by atoms with Crippen LogP contribution in [0.5, 0.6) is 0 Å². The van der Waals surface area contributed by atoms with Crippen molar-refractivity contribution < 1.29 is 0 Å². The Bertz CT molecular complexity index is 92.6. The first-order valence-corrected chi connectivity index (χ1v) is 3.48. The van der Waals surface area contributed by atoms with Crippen LogP contribution < -0.4 is 0 Å². The van der Waals surface area contributed by atoms with E-state index in [9.17, 15) is 0 Å². The van der Waals surface area contributed by atoms with Crippen LogP contribution in [0.15, 0.2) is 11.6 Å². The highest BCUT2D eigenvalue weighted by atomic mass is 14.1. The molecule has 0 bridgehead atoms. The molecule has 1 aliphatic carbocycles. The zero-order valence-electron chi connectivity index (χ0n) is 5.78. The average Bonchev–Trinajstić information content (AvgIpc) is 1.55. The van der Waals surface area contributed by atoms with Gasteiger partial charge in [0, 0.05) is 0 Å². The first kappa shape index (κ1) is 5.87. The Morgan fingerprint density at radius 3 is 2.12 bits per heavy atom. The Hall–Kier alpha value is -0.260. The van der Waals surface area contributed by atoms with Crippen LogP contribution in [0.2, 0.25) is 0 Å². The Kier molecular flexibility index (Phi) is 1.72. The fourth-order valence-corrected chi connectivity index (χ4v) is 1.02. The van der Waals surface area contributed by atoms with Crippen LogP contribution >= 0.6 is 0 Å². The van der Waals surface area contributed by atoms with Gasteiger partial charge in [0.25, 0.3) is 0 Å². The summed E-state index contributed by atoms with van der Waals surface area (Å²) in [5, 5.41) is 0. The molecule has 0 saturated heterocycles. The van der Waals surface area contributed by atoms with Crippen molar-refractivity contribution in [1.29, 1.82) is 0 Å². The standard InChI is InChI=1S/C8H14/c1-7(2)6-8-4-3-5-8/h6-7H,3-5H2,1-2H3. The van der Waals surface area contributed by atoms with Crippen LogP contribution in [0.1, 0.15) is 33.1 Å². The van der Waals surface area contributed by atoms with Crippen LogP contribution in [-0.2, 0) is 0 Å². The number of rotatable bonds is 1. The highest BCUT2D eigenvalue weighted by molar-refractivity contribution is 5.09. The van der Waals surface area contributed by atoms with Gasteiger partial charge in [-0.2, -0.15) is 0 Å². The molecule has 0 atom stereocenters. The van der Waals surface area contributed by atoms with E-state index >= 15 is 0 Å². The predicted octanol–water partition coefficient (Wildman–Crippen LogP) is 2.75. The van der Waals surface area contributed by atoms with Gasteiger partial charge in [0.15, 0.2) is 0 Å². The minimum absolute atomic E-state index is 0.769. The maximum absolute atomic E-state index is 2.39. The molecule has 0 heteroatoms. The third-order valence-corrected chi connectivity index (χ3v) is 1.56.